The van der Waals surface area contributed by atoms with Crippen molar-refractivity contribution in [3.05, 3.63) is 173 Å². The predicted octanol–water partition coefficient (Wildman–Crippen LogP) is 9.29. The van der Waals surface area contributed by atoms with Crippen molar-refractivity contribution >= 4 is 47.0 Å². The molecule has 0 amide bonds. The van der Waals surface area contributed by atoms with Gasteiger partial charge in [-0.2, -0.15) is 0 Å². The molecule has 1 atom stereocenters. The highest BCUT2D eigenvalue weighted by Gasteiger charge is 2.28. The van der Waals surface area contributed by atoms with Crippen LogP contribution in [0.25, 0.3) is 0 Å². The highest BCUT2D eigenvalue weighted by Crippen LogP contribution is 2.50. The van der Waals surface area contributed by atoms with Crippen molar-refractivity contribution < 1.29 is 4.74 Å². The lowest BCUT2D eigenvalue weighted by Crippen LogP contribution is -2.25. The van der Waals surface area contributed by atoms with E-state index in [0.717, 1.165) is 17.0 Å². The lowest BCUT2D eigenvalue weighted by molar-refractivity contribution is 0.410. The van der Waals surface area contributed by atoms with Gasteiger partial charge in [-0.15, -0.1) is 0 Å². The number of nitrogens with zero attached hydrogens (tertiary/aromatic N) is 2. The fourth-order valence-electron chi connectivity index (χ4n) is 5.82. The third-order valence-electron chi connectivity index (χ3n) is 8.54. The molecule has 6 aromatic carbocycles. The van der Waals surface area contributed by atoms with Crippen molar-refractivity contribution in [3.8, 4) is 5.75 Å². The van der Waals surface area contributed by atoms with Gasteiger partial charge >= 0.3 is 0 Å². The topological polar surface area (TPSA) is 34.0 Å². The lowest BCUT2D eigenvalue weighted by atomic mass is 10.2. The molecule has 0 aromatic heterocycles. The summed E-state index contributed by atoms with van der Waals surface area (Å²) in [5.74, 6) is 0.808. The highest BCUT2D eigenvalue weighted by atomic mass is 31.2. The van der Waals surface area contributed by atoms with E-state index in [2.05, 4.69) is 173 Å². The van der Waals surface area contributed by atoms with Crippen LogP contribution < -0.4 is 31.3 Å². The van der Waals surface area contributed by atoms with Gasteiger partial charge in [0.25, 0.3) is 0 Å². The van der Waals surface area contributed by atoms with E-state index in [1.165, 1.54) is 48.8 Å². The summed E-state index contributed by atoms with van der Waals surface area (Å²) in [5, 5.41) is 6.23. The molecule has 47 heavy (non-hydrogen) atoms. The summed E-state index contributed by atoms with van der Waals surface area (Å²) < 4.78 is 17.1. The SMILES string of the molecule is COc1cc(N=P(c2ccc(C)cc2)(c2ccc(C)cc2)c2ccc(C)cc2)ccc1C/N=[PH](/c1ccccc1)c1ccc(C)cc1. The Kier molecular flexibility index (Phi) is 10.1. The lowest BCUT2D eigenvalue weighted by Gasteiger charge is -2.27. The first kappa shape index (κ1) is 32.5. The molecule has 0 saturated heterocycles. The molecule has 0 spiro atoms. The molecule has 0 fully saturated rings. The monoisotopic (exact) mass is 652 g/mol. The Morgan fingerprint density at radius 3 is 1.45 bits per heavy atom. The van der Waals surface area contributed by atoms with Gasteiger partial charge in [0.2, 0.25) is 0 Å². The second-order valence-corrected chi connectivity index (χ2v) is 17.3. The molecular weight excluding hydrogens is 610 g/mol. The van der Waals surface area contributed by atoms with Crippen LogP contribution in [-0.4, -0.2) is 7.11 Å². The number of aryl methyl sites for hydroxylation is 4. The van der Waals surface area contributed by atoms with Crippen LogP contribution >= 0.6 is 14.8 Å². The zero-order valence-electron chi connectivity index (χ0n) is 27.8. The van der Waals surface area contributed by atoms with Gasteiger partial charge in [-0.05, 0) is 44.4 Å². The fraction of sp³-hybridized carbons (Fsp3) is 0.143. The Balaban J connectivity index is 1.50. The molecule has 3 nitrogen and oxygen atoms in total. The summed E-state index contributed by atoms with van der Waals surface area (Å²) in [5.41, 5.74) is 6.91. The minimum Gasteiger partial charge on any atom is -0.496 e. The second kappa shape index (κ2) is 14.6. The maximum absolute atomic E-state index is 6.03. The minimum absolute atomic E-state index is 0.564. The summed E-state index contributed by atoms with van der Waals surface area (Å²) in [4.78, 5) is 0. The summed E-state index contributed by atoms with van der Waals surface area (Å²) in [6.07, 6.45) is 0. The zero-order chi connectivity index (χ0) is 32.8. The standard InChI is InChI=1S/C42H42N2OP2/c1-31-11-21-38(22-12-31)46(37-9-7-6-8-10-37)43-30-35-19-20-36(29-42(35)45-5)44-47(39-23-13-32(2)14-24-39,40-25-15-33(3)16-26-40)41-27-17-34(4)18-28-41/h6-29,46H,30H2,1-5H3. The third-order valence-corrected chi connectivity index (χ3v) is 14.4. The van der Waals surface area contributed by atoms with Crippen molar-refractivity contribution in [2.24, 2.45) is 9.49 Å². The highest BCUT2D eigenvalue weighted by molar-refractivity contribution is 7.87. The molecule has 0 N–H and O–H groups in total. The van der Waals surface area contributed by atoms with Gasteiger partial charge in [-0.3, -0.25) is 9.49 Å². The number of hydrogen-bond acceptors (Lipinski definition) is 3. The van der Waals surface area contributed by atoms with Crippen molar-refractivity contribution in [2.45, 2.75) is 34.2 Å². The Hall–Kier alpha value is -4.42. The van der Waals surface area contributed by atoms with Crippen molar-refractivity contribution in [3.63, 3.8) is 0 Å². The molecule has 6 aromatic rings. The van der Waals surface area contributed by atoms with Crippen molar-refractivity contribution in [2.75, 3.05) is 7.11 Å². The van der Waals surface area contributed by atoms with Crippen LogP contribution in [0.5, 0.6) is 5.75 Å². The normalized spacial score (nSPS) is 12.1. The molecule has 6 rings (SSSR count). The van der Waals surface area contributed by atoms with E-state index in [0.29, 0.717) is 6.54 Å². The van der Waals surface area contributed by atoms with Crippen LogP contribution in [0.15, 0.2) is 155 Å². The van der Waals surface area contributed by atoms with E-state index in [9.17, 15) is 0 Å². The maximum atomic E-state index is 6.03. The first-order valence-corrected chi connectivity index (χ1v) is 19.2. The zero-order valence-corrected chi connectivity index (χ0v) is 29.7. The number of benzene rings is 6. The summed E-state index contributed by atoms with van der Waals surface area (Å²) in [6.45, 7) is 9.10. The third kappa shape index (κ3) is 7.28. The Morgan fingerprint density at radius 1 is 0.532 bits per heavy atom. The summed E-state index contributed by atoms with van der Waals surface area (Å²) >= 11 is 0. The van der Waals surface area contributed by atoms with E-state index < -0.39 is 14.8 Å². The van der Waals surface area contributed by atoms with Gasteiger partial charge in [0, 0.05) is 35.3 Å². The van der Waals surface area contributed by atoms with Crippen LogP contribution in [-0.2, 0) is 6.54 Å². The summed E-state index contributed by atoms with van der Waals surface area (Å²) in [7, 11) is -2.04. The van der Waals surface area contributed by atoms with Gasteiger partial charge in [0.15, 0.2) is 0 Å². The van der Waals surface area contributed by atoms with E-state index >= 15 is 0 Å². The fourth-order valence-corrected chi connectivity index (χ4v) is 11.3. The largest absolute Gasteiger partial charge is 0.496 e. The van der Waals surface area contributed by atoms with Crippen molar-refractivity contribution in [1.82, 2.24) is 0 Å². The molecule has 0 aliphatic heterocycles. The van der Waals surface area contributed by atoms with Crippen LogP contribution in [0.4, 0.5) is 5.69 Å². The average molecular weight is 653 g/mol. The Labute approximate surface area is 280 Å². The van der Waals surface area contributed by atoms with Gasteiger partial charge in [0.1, 0.15) is 5.75 Å². The molecule has 5 heteroatoms. The number of ether oxygens (including phenoxy) is 1. The van der Waals surface area contributed by atoms with E-state index in [1.807, 2.05) is 0 Å². The van der Waals surface area contributed by atoms with Crippen LogP contribution in [0.3, 0.4) is 0 Å². The smallest absolute Gasteiger partial charge is 0.126 e. The van der Waals surface area contributed by atoms with Gasteiger partial charge < -0.3 is 4.74 Å². The van der Waals surface area contributed by atoms with Crippen molar-refractivity contribution in [1.29, 1.82) is 0 Å². The summed E-state index contributed by atoms with van der Waals surface area (Å²) in [6, 6.07) is 52.6. The van der Waals surface area contributed by atoms with Gasteiger partial charge in [-0.1, -0.05) is 156 Å². The van der Waals surface area contributed by atoms with E-state index in [-0.39, 0.29) is 0 Å². The minimum atomic E-state index is -2.44. The first-order chi connectivity index (χ1) is 22.9. The van der Waals surface area contributed by atoms with Crippen LogP contribution in [0, 0.1) is 27.7 Å². The molecule has 0 saturated carbocycles. The quantitative estimate of drug-likeness (QED) is 0.143. The number of hydrogen-bond donors (Lipinski definition) is 0. The molecule has 0 radical (unpaired) electrons. The Bertz CT molecular complexity index is 1930. The second-order valence-electron chi connectivity index (χ2n) is 12.1. The predicted molar refractivity (Wildman–Crippen MR) is 206 cm³/mol. The van der Waals surface area contributed by atoms with Crippen LogP contribution in [0.1, 0.15) is 27.8 Å². The molecule has 0 bridgehead atoms. The van der Waals surface area contributed by atoms with Crippen LogP contribution in [0.2, 0.25) is 0 Å². The number of methoxy groups -OCH3 is 1. The molecule has 1 unspecified atom stereocenters. The van der Waals surface area contributed by atoms with E-state index in [4.69, 9.17) is 14.2 Å². The maximum Gasteiger partial charge on any atom is 0.126 e. The molecule has 236 valence electrons. The average Bonchev–Trinajstić information content (AvgIpc) is 3.10. The number of rotatable bonds is 9. The molecule has 0 heterocycles. The Morgan fingerprint density at radius 2 is 0.979 bits per heavy atom. The van der Waals surface area contributed by atoms with E-state index in [1.54, 1.807) is 7.11 Å². The van der Waals surface area contributed by atoms with Gasteiger partial charge in [-0.25, -0.2) is 0 Å². The molecular formula is C42H42N2OP2. The molecule has 0 aliphatic carbocycles. The molecule has 0 aliphatic rings. The van der Waals surface area contributed by atoms with Gasteiger partial charge in [0.05, 0.1) is 26.4 Å². The first-order valence-electron chi connectivity index (χ1n) is 16.0.